The summed E-state index contributed by atoms with van der Waals surface area (Å²) in [7, 11) is 1.68. The first kappa shape index (κ1) is 10.8. The molecule has 88 valence electrons. The lowest BCUT2D eigenvalue weighted by Gasteiger charge is -2.07. The number of rotatable bonds is 2. The molecule has 0 saturated carbocycles. The molecule has 1 aromatic heterocycles. The van der Waals surface area contributed by atoms with Crippen LogP contribution in [0.25, 0.3) is 22.0 Å². The quantitative estimate of drug-likeness (QED) is 0.671. The highest BCUT2D eigenvalue weighted by Gasteiger charge is 2.04. The summed E-state index contributed by atoms with van der Waals surface area (Å²) in [6.45, 7) is 0. The van der Waals surface area contributed by atoms with Gasteiger partial charge in [0.2, 0.25) is 0 Å². The number of ether oxygens (including phenoxy) is 1. The maximum Gasteiger partial charge on any atom is 0.119 e. The molecule has 2 nitrogen and oxygen atoms in total. The van der Waals surface area contributed by atoms with Crippen molar-refractivity contribution in [3.05, 3.63) is 60.8 Å². The molecule has 2 heteroatoms. The van der Waals surface area contributed by atoms with Gasteiger partial charge >= 0.3 is 0 Å². The first-order chi connectivity index (χ1) is 8.88. The number of nitrogens with zero attached hydrogens (tertiary/aromatic N) is 1. The van der Waals surface area contributed by atoms with Gasteiger partial charge in [0.25, 0.3) is 0 Å². The number of methoxy groups -OCH3 is 1. The normalized spacial score (nSPS) is 10.5. The largest absolute Gasteiger partial charge is 0.497 e. The molecule has 0 aliphatic heterocycles. The van der Waals surface area contributed by atoms with E-state index in [1.165, 1.54) is 5.56 Å². The zero-order valence-corrected chi connectivity index (χ0v) is 10.1. The van der Waals surface area contributed by atoms with Crippen LogP contribution in [-0.2, 0) is 0 Å². The topological polar surface area (TPSA) is 22.1 Å². The molecule has 0 unspecified atom stereocenters. The number of aromatic nitrogens is 1. The highest BCUT2D eigenvalue weighted by atomic mass is 16.5. The van der Waals surface area contributed by atoms with Crippen LogP contribution in [0.2, 0.25) is 0 Å². The fourth-order valence-electron chi connectivity index (χ4n) is 2.14. The van der Waals surface area contributed by atoms with Crippen LogP contribution in [0, 0.1) is 0 Å². The van der Waals surface area contributed by atoms with E-state index in [2.05, 4.69) is 17.1 Å². The molecule has 3 rings (SSSR count). The standard InChI is InChI=1S/C16H13NO/c1-18-13-6-4-5-12(11-13)14-9-10-17-16-8-3-2-7-15(14)16/h2-11H,1H3. The molecule has 18 heavy (non-hydrogen) atoms. The molecule has 0 fully saturated rings. The van der Waals surface area contributed by atoms with Gasteiger partial charge < -0.3 is 4.74 Å². The lowest BCUT2D eigenvalue weighted by Crippen LogP contribution is -1.86. The summed E-state index contributed by atoms with van der Waals surface area (Å²) in [4.78, 5) is 4.38. The smallest absolute Gasteiger partial charge is 0.119 e. The fourth-order valence-corrected chi connectivity index (χ4v) is 2.14. The molecule has 0 amide bonds. The Balaban J connectivity index is 2.24. The van der Waals surface area contributed by atoms with Crippen LogP contribution in [0.1, 0.15) is 0 Å². The Morgan fingerprint density at radius 2 is 1.83 bits per heavy atom. The third-order valence-electron chi connectivity index (χ3n) is 3.03. The van der Waals surface area contributed by atoms with Crippen molar-refractivity contribution in [3.8, 4) is 16.9 Å². The van der Waals surface area contributed by atoms with E-state index < -0.39 is 0 Å². The number of benzene rings is 2. The van der Waals surface area contributed by atoms with Gasteiger partial charge in [0, 0.05) is 11.6 Å². The van der Waals surface area contributed by atoms with Gasteiger partial charge in [-0.05, 0) is 35.4 Å². The number of hydrogen-bond donors (Lipinski definition) is 0. The molecule has 0 saturated heterocycles. The lowest BCUT2D eigenvalue weighted by atomic mass is 10.0. The van der Waals surface area contributed by atoms with Crippen LogP contribution in [0.15, 0.2) is 60.8 Å². The summed E-state index contributed by atoms with van der Waals surface area (Å²) in [6, 6.07) is 18.3. The van der Waals surface area contributed by atoms with Crippen molar-refractivity contribution >= 4 is 10.9 Å². The summed E-state index contributed by atoms with van der Waals surface area (Å²) in [6.07, 6.45) is 1.84. The number of hydrogen-bond acceptors (Lipinski definition) is 2. The number of para-hydroxylation sites is 1. The fraction of sp³-hybridized carbons (Fsp3) is 0.0625. The van der Waals surface area contributed by atoms with E-state index in [1.54, 1.807) is 7.11 Å². The van der Waals surface area contributed by atoms with Gasteiger partial charge in [-0.25, -0.2) is 0 Å². The average molecular weight is 235 g/mol. The highest BCUT2D eigenvalue weighted by Crippen LogP contribution is 2.29. The summed E-state index contributed by atoms with van der Waals surface area (Å²) in [5, 5.41) is 1.16. The molecule has 3 aromatic rings. The second-order valence-corrected chi connectivity index (χ2v) is 4.11. The molecule has 0 spiro atoms. The second kappa shape index (κ2) is 4.49. The van der Waals surface area contributed by atoms with Gasteiger partial charge in [0.15, 0.2) is 0 Å². The molecule has 0 radical (unpaired) electrons. The zero-order chi connectivity index (χ0) is 12.4. The Labute approximate surface area is 106 Å². The second-order valence-electron chi connectivity index (χ2n) is 4.11. The monoisotopic (exact) mass is 235 g/mol. The lowest BCUT2D eigenvalue weighted by molar-refractivity contribution is 0.415. The van der Waals surface area contributed by atoms with Crippen molar-refractivity contribution in [2.45, 2.75) is 0 Å². The molecule has 0 aliphatic rings. The van der Waals surface area contributed by atoms with Crippen LogP contribution in [0.4, 0.5) is 0 Å². The van der Waals surface area contributed by atoms with Gasteiger partial charge in [0.05, 0.1) is 12.6 Å². The Morgan fingerprint density at radius 3 is 2.72 bits per heavy atom. The summed E-state index contributed by atoms with van der Waals surface area (Å²) in [5.74, 6) is 0.869. The molecular formula is C16H13NO. The first-order valence-corrected chi connectivity index (χ1v) is 5.86. The maximum atomic E-state index is 5.27. The first-order valence-electron chi connectivity index (χ1n) is 5.86. The van der Waals surface area contributed by atoms with Crippen molar-refractivity contribution in [2.24, 2.45) is 0 Å². The zero-order valence-electron chi connectivity index (χ0n) is 10.1. The Hall–Kier alpha value is -2.35. The van der Waals surface area contributed by atoms with Gasteiger partial charge in [-0.3, -0.25) is 4.98 Å². The predicted molar refractivity (Wildman–Crippen MR) is 73.7 cm³/mol. The maximum absolute atomic E-state index is 5.27. The Kier molecular flexibility index (Phi) is 2.69. The molecule has 0 bridgehead atoms. The van der Waals surface area contributed by atoms with Gasteiger partial charge in [-0.15, -0.1) is 0 Å². The summed E-state index contributed by atoms with van der Waals surface area (Å²) in [5.41, 5.74) is 3.34. The van der Waals surface area contributed by atoms with Crippen molar-refractivity contribution in [1.29, 1.82) is 0 Å². The summed E-state index contributed by atoms with van der Waals surface area (Å²) >= 11 is 0. The molecule has 0 aliphatic carbocycles. The van der Waals surface area contributed by atoms with Crippen molar-refractivity contribution in [1.82, 2.24) is 4.98 Å². The molecular weight excluding hydrogens is 222 g/mol. The minimum atomic E-state index is 0.869. The van der Waals surface area contributed by atoms with E-state index in [0.717, 1.165) is 22.2 Å². The molecule has 1 heterocycles. The summed E-state index contributed by atoms with van der Waals surface area (Å²) < 4.78 is 5.27. The number of pyridine rings is 1. The molecule has 0 N–H and O–H groups in total. The SMILES string of the molecule is COc1cccc(-c2ccnc3ccccc23)c1. The van der Waals surface area contributed by atoms with Crippen LogP contribution >= 0.6 is 0 Å². The minimum Gasteiger partial charge on any atom is -0.497 e. The van der Waals surface area contributed by atoms with Crippen LogP contribution < -0.4 is 4.74 Å². The third kappa shape index (κ3) is 1.82. The van der Waals surface area contributed by atoms with E-state index in [4.69, 9.17) is 4.74 Å². The van der Waals surface area contributed by atoms with Gasteiger partial charge in [-0.1, -0.05) is 30.3 Å². The van der Waals surface area contributed by atoms with E-state index in [0.29, 0.717) is 0 Å². The van der Waals surface area contributed by atoms with Gasteiger partial charge in [-0.2, -0.15) is 0 Å². The predicted octanol–water partition coefficient (Wildman–Crippen LogP) is 3.91. The van der Waals surface area contributed by atoms with Crippen molar-refractivity contribution in [2.75, 3.05) is 7.11 Å². The third-order valence-corrected chi connectivity index (χ3v) is 3.03. The van der Waals surface area contributed by atoms with Crippen LogP contribution in [-0.4, -0.2) is 12.1 Å². The Bertz CT molecular complexity index is 686. The van der Waals surface area contributed by atoms with Crippen molar-refractivity contribution in [3.63, 3.8) is 0 Å². The average Bonchev–Trinajstić information content (AvgIpc) is 2.47. The molecule has 2 aromatic carbocycles. The Morgan fingerprint density at radius 1 is 0.944 bits per heavy atom. The van der Waals surface area contributed by atoms with Crippen molar-refractivity contribution < 1.29 is 4.74 Å². The van der Waals surface area contributed by atoms with Crippen LogP contribution in [0.3, 0.4) is 0 Å². The van der Waals surface area contributed by atoms with E-state index in [-0.39, 0.29) is 0 Å². The minimum absolute atomic E-state index is 0.869. The molecule has 0 atom stereocenters. The number of fused-ring (bicyclic) bond motifs is 1. The highest BCUT2D eigenvalue weighted by molar-refractivity contribution is 5.94. The van der Waals surface area contributed by atoms with Gasteiger partial charge in [0.1, 0.15) is 5.75 Å². The van der Waals surface area contributed by atoms with E-state index in [1.807, 2.05) is 48.7 Å². The van der Waals surface area contributed by atoms with E-state index >= 15 is 0 Å². The van der Waals surface area contributed by atoms with Crippen LogP contribution in [0.5, 0.6) is 5.75 Å². The van der Waals surface area contributed by atoms with E-state index in [9.17, 15) is 0 Å².